The molecule has 3 aromatic rings. The number of ether oxygens (including phenoxy) is 2. The third-order valence-corrected chi connectivity index (χ3v) is 5.35. The SMILES string of the molecule is CCCCCCCc1ccc(OC(=O)c2ccc(OCc3ccc([N+](=O)[O-])cc3)cc2)cc1. The highest BCUT2D eigenvalue weighted by atomic mass is 16.6. The molecule has 0 bridgehead atoms. The second kappa shape index (κ2) is 12.4. The summed E-state index contributed by atoms with van der Waals surface area (Å²) in [6.45, 7) is 2.49. The molecule has 6 heteroatoms. The van der Waals surface area contributed by atoms with Crippen molar-refractivity contribution in [1.29, 1.82) is 0 Å². The molecule has 0 heterocycles. The molecule has 3 aromatic carbocycles. The predicted octanol–water partition coefficient (Wildman–Crippen LogP) is 6.91. The number of hydrogen-bond donors (Lipinski definition) is 0. The highest BCUT2D eigenvalue weighted by Crippen LogP contribution is 2.19. The van der Waals surface area contributed by atoms with Gasteiger partial charge in [-0.3, -0.25) is 10.1 Å². The van der Waals surface area contributed by atoms with Crippen molar-refractivity contribution >= 4 is 11.7 Å². The van der Waals surface area contributed by atoms with Gasteiger partial charge in [0.25, 0.3) is 5.69 Å². The normalized spacial score (nSPS) is 10.6. The first-order valence-corrected chi connectivity index (χ1v) is 11.3. The lowest BCUT2D eigenvalue weighted by molar-refractivity contribution is -0.384. The molecule has 0 saturated carbocycles. The Kier molecular flexibility index (Phi) is 9.00. The van der Waals surface area contributed by atoms with E-state index in [0.29, 0.717) is 17.1 Å². The Balaban J connectivity index is 1.46. The zero-order valence-electron chi connectivity index (χ0n) is 18.9. The Morgan fingerprint density at radius 2 is 1.39 bits per heavy atom. The van der Waals surface area contributed by atoms with Crippen molar-refractivity contribution in [3.8, 4) is 11.5 Å². The van der Waals surface area contributed by atoms with Crippen LogP contribution in [0, 0.1) is 10.1 Å². The molecule has 0 saturated heterocycles. The molecule has 0 aliphatic rings. The molecular formula is C27H29NO5. The molecule has 0 radical (unpaired) electrons. The molecule has 0 aromatic heterocycles. The van der Waals surface area contributed by atoms with Gasteiger partial charge in [-0.05, 0) is 72.5 Å². The van der Waals surface area contributed by atoms with Crippen molar-refractivity contribution in [1.82, 2.24) is 0 Å². The lowest BCUT2D eigenvalue weighted by Gasteiger charge is -2.08. The van der Waals surface area contributed by atoms with Crippen molar-refractivity contribution in [3.63, 3.8) is 0 Å². The van der Waals surface area contributed by atoms with E-state index in [4.69, 9.17) is 9.47 Å². The lowest BCUT2D eigenvalue weighted by atomic mass is 10.1. The summed E-state index contributed by atoms with van der Waals surface area (Å²) in [5.74, 6) is 0.686. The van der Waals surface area contributed by atoms with Crippen LogP contribution in [0.1, 0.15) is 60.5 Å². The maximum Gasteiger partial charge on any atom is 0.343 e. The number of carbonyl (C=O) groups is 1. The monoisotopic (exact) mass is 447 g/mol. The Morgan fingerprint density at radius 1 is 0.788 bits per heavy atom. The quantitative estimate of drug-likeness (QED) is 0.0991. The van der Waals surface area contributed by atoms with Gasteiger partial charge in [0.15, 0.2) is 0 Å². The van der Waals surface area contributed by atoms with Gasteiger partial charge in [-0.2, -0.15) is 0 Å². The minimum Gasteiger partial charge on any atom is -0.489 e. The Morgan fingerprint density at radius 3 is 2.03 bits per heavy atom. The number of nitro groups is 1. The van der Waals surface area contributed by atoms with Gasteiger partial charge in [0.1, 0.15) is 18.1 Å². The molecule has 3 rings (SSSR count). The van der Waals surface area contributed by atoms with Gasteiger partial charge in [0.2, 0.25) is 0 Å². The maximum absolute atomic E-state index is 12.4. The van der Waals surface area contributed by atoms with E-state index >= 15 is 0 Å². The molecule has 0 aliphatic carbocycles. The fourth-order valence-electron chi connectivity index (χ4n) is 3.39. The van der Waals surface area contributed by atoms with Crippen LogP contribution in [0.3, 0.4) is 0 Å². The van der Waals surface area contributed by atoms with Crippen LogP contribution in [0.5, 0.6) is 11.5 Å². The third-order valence-electron chi connectivity index (χ3n) is 5.35. The summed E-state index contributed by atoms with van der Waals surface area (Å²) >= 11 is 0. The number of aryl methyl sites for hydroxylation is 1. The highest BCUT2D eigenvalue weighted by molar-refractivity contribution is 5.91. The zero-order valence-corrected chi connectivity index (χ0v) is 18.9. The maximum atomic E-state index is 12.4. The number of nitro benzene ring substituents is 1. The van der Waals surface area contributed by atoms with Crippen LogP contribution in [0.4, 0.5) is 5.69 Å². The fraction of sp³-hybridized carbons (Fsp3) is 0.296. The summed E-state index contributed by atoms with van der Waals surface area (Å²) in [5, 5.41) is 10.7. The van der Waals surface area contributed by atoms with E-state index in [0.717, 1.165) is 12.0 Å². The molecule has 6 nitrogen and oxygen atoms in total. The summed E-state index contributed by atoms with van der Waals surface area (Å²) in [4.78, 5) is 22.7. The predicted molar refractivity (Wildman–Crippen MR) is 128 cm³/mol. The molecule has 0 N–H and O–H groups in total. The Labute approximate surface area is 194 Å². The van der Waals surface area contributed by atoms with E-state index < -0.39 is 10.9 Å². The van der Waals surface area contributed by atoms with Crippen molar-refractivity contribution in [2.24, 2.45) is 0 Å². The number of hydrogen-bond acceptors (Lipinski definition) is 5. The average Bonchev–Trinajstić information content (AvgIpc) is 2.84. The van der Waals surface area contributed by atoms with Crippen molar-refractivity contribution in [3.05, 3.63) is 99.6 Å². The van der Waals surface area contributed by atoms with Gasteiger partial charge >= 0.3 is 5.97 Å². The standard InChI is InChI=1S/C27H29NO5/c1-2-3-4-5-6-7-21-10-16-26(17-11-21)33-27(29)23-12-18-25(19-13-23)32-20-22-8-14-24(15-9-22)28(30)31/h8-19H,2-7,20H2,1H3. The molecule has 0 amide bonds. The summed E-state index contributed by atoms with van der Waals surface area (Å²) in [5.41, 5.74) is 2.53. The first-order valence-electron chi connectivity index (χ1n) is 11.3. The zero-order chi connectivity index (χ0) is 23.5. The summed E-state index contributed by atoms with van der Waals surface area (Å²) < 4.78 is 11.2. The van der Waals surface area contributed by atoms with E-state index in [9.17, 15) is 14.9 Å². The summed E-state index contributed by atoms with van der Waals surface area (Å²) in [6, 6.07) is 20.6. The largest absolute Gasteiger partial charge is 0.489 e. The molecule has 0 atom stereocenters. The minimum atomic E-state index is -0.438. The van der Waals surface area contributed by atoms with Crippen LogP contribution in [-0.4, -0.2) is 10.9 Å². The van der Waals surface area contributed by atoms with Gasteiger partial charge in [0.05, 0.1) is 10.5 Å². The number of unbranched alkanes of at least 4 members (excludes halogenated alkanes) is 4. The number of esters is 1. The average molecular weight is 448 g/mol. The number of rotatable bonds is 12. The molecule has 0 unspecified atom stereocenters. The van der Waals surface area contributed by atoms with Crippen LogP contribution in [0.25, 0.3) is 0 Å². The topological polar surface area (TPSA) is 78.7 Å². The van der Waals surface area contributed by atoms with E-state index in [1.54, 1.807) is 36.4 Å². The van der Waals surface area contributed by atoms with Crippen molar-refractivity contribution < 1.29 is 19.2 Å². The van der Waals surface area contributed by atoms with E-state index in [1.807, 2.05) is 24.3 Å². The molecule has 172 valence electrons. The number of carbonyl (C=O) groups excluding carboxylic acids is 1. The first-order chi connectivity index (χ1) is 16.0. The Hall–Kier alpha value is -3.67. The van der Waals surface area contributed by atoms with Gasteiger partial charge in [-0.1, -0.05) is 44.7 Å². The number of benzene rings is 3. The number of nitrogens with zero attached hydrogens (tertiary/aromatic N) is 1. The second-order valence-corrected chi connectivity index (χ2v) is 7.93. The first kappa shape index (κ1) is 24.0. The van der Waals surface area contributed by atoms with E-state index in [-0.39, 0.29) is 12.3 Å². The molecule has 0 fully saturated rings. The highest BCUT2D eigenvalue weighted by Gasteiger charge is 2.09. The van der Waals surface area contributed by atoms with Gasteiger partial charge in [0, 0.05) is 12.1 Å². The van der Waals surface area contributed by atoms with E-state index in [2.05, 4.69) is 6.92 Å². The van der Waals surface area contributed by atoms with Gasteiger partial charge in [-0.25, -0.2) is 4.79 Å². The summed E-state index contributed by atoms with van der Waals surface area (Å²) in [7, 11) is 0. The van der Waals surface area contributed by atoms with Crippen LogP contribution in [0.2, 0.25) is 0 Å². The number of non-ortho nitro benzene ring substituents is 1. The molecular weight excluding hydrogens is 418 g/mol. The minimum absolute atomic E-state index is 0.0404. The molecule has 0 spiro atoms. The second-order valence-electron chi connectivity index (χ2n) is 7.93. The third kappa shape index (κ3) is 7.75. The fourth-order valence-corrected chi connectivity index (χ4v) is 3.39. The molecule has 0 aliphatic heterocycles. The summed E-state index contributed by atoms with van der Waals surface area (Å²) in [6.07, 6.45) is 7.29. The van der Waals surface area contributed by atoms with Crippen LogP contribution < -0.4 is 9.47 Å². The van der Waals surface area contributed by atoms with Gasteiger partial charge < -0.3 is 9.47 Å². The van der Waals surface area contributed by atoms with Crippen molar-refractivity contribution in [2.75, 3.05) is 0 Å². The molecule has 33 heavy (non-hydrogen) atoms. The van der Waals surface area contributed by atoms with E-state index in [1.165, 1.54) is 49.8 Å². The van der Waals surface area contributed by atoms with Crippen molar-refractivity contribution in [2.45, 2.75) is 52.1 Å². The Bertz CT molecular complexity index is 1030. The van der Waals surface area contributed by atoms with Crippen LogP contribution in [-0.2, 0) is 13.0 Å². The van der Waals surface area contributed by atoms with Gasteiger partial charge in [-0.15, -0.1) is 0 Å². The smallest absolute Gasteiger partial charge is 0.343 e. The van der Waals surface area contributed by atoms with Crippen LogP contribution >= 0.6 is 0 Å². The lowest BCUT2D eigenvalue weighted by Crippen LogP contribution is -2.08. The van der Waals surface area contributed by atoms with Crippen LogP contribution in [0.15, 0.2) is 72.8 Å².